The van der Waals surface area contributed by atoms with Crippen LogP contribution in [-0.2, 0) is 11.8 Å². The number of nitrogens with zero attached hydrogens (tertiary/aromatic N) is 1. The first-order chi connectivity index (χ1) is 11.9. The van der Waals surface area contributed by atoms with Gasteiger partial charge >= 0.3 is 0 Å². The van der Waals surface area contributed by atoms with Gasteiger partial charge in [-0.05, 0) is 47.9 Å². The molecule has 0 aliphatic carbocycles. The van der Waals surface area contributed by atoms with Gasteiger partial charge < -0.3 is 4.98 Å². The highest BCUT2D eigenvalue weighted by Crippen LogP contribution is 2.30. The normalized spacial score (nSPS) is 13.6. The van der Waals surface area contributed by atoms with Crippen LogP contribution in [0.1, 0.15) is 43.4 Å². The molecule has 126 valence electrons. The molecule has 0 aliphatic rings. The van der Waals surface area contributed by atoms with Crippen molar-refractivity contribution in [2.75, 3.05) is 0 Å². The van der Waals surface area contributed by atoms with Crippen LogP contribution in [0.2, 0.25) is 0 Å². The molecule has 0 radical (unpaired) electrons. The maximum Gasteiger partial charge on any atom is 0.251 e. The van der Waals surface area contributed by atoms with E-state index in [2.05, 4.69) is 11.1 Å². The van der Waals surface area contributed by atoms with Gasteiger partial charge in [0.1, 0.15) is 0 Å². The molecular formula is C22H22N2O. The first-order valence-electron chi connectivity index (χ1n) is 8.55. The van der Waals surface area contributed by atoms with Crippen molar-refractivity contribution in [2.45, 2.75) is 38.5 Å². The zero-order valence-electron chi connectivity index (χ0n) is 14.8. The Balaban J connectivity index is 2.06. The van der Waals surface area contributed by atoms with Crippen LogP contribution in [0.25, 0.3) is 10.9 Å². The predicted molar refractivity (Wildman–Crippen MR) is 102 cm³/mol. The lowest BCUT2D eigenvalue weighted by atomic mass is 9.78. The summed E-state index contributed by atoms with van der Waals surface area (Å²) in [5.74, 6) is 0.176. The van der Waals surface area contributed by atoms with Gasteiger partial charge in [-0.2, -0.15) is 5.26 Å². The molecule has 3 nitrogen and oxygen atoms in total. The molecule has 2 aromatic carbocycles. The third-order valence-corrected chi connectivity index (χ3v) is 4.78. The molecule has 25 heavy (non-hydrogen) atoms. The van der Waals surface area contributed by atoms with Crippen LogP contribution in [0.5, 0.6) is 0 Å². The van der Waals surface area contributed by atoms with Crippen LogP contribution in [0.3, 0.4) is 0 Å². The summed E-state index contributed by atoms with van der Waals surface area (Å²) in [6.07, 6.45) is 0.629. The topological polar surface area (TPSA) is 56.6 Å². The predicted octanol–water partition coefficient (Wildman–Crippen LogP) is 4.68. The zero-order valence-corrected chi connectivity index (χ0v) is 14.8. The molecule has 1 atom stereocenters. The van der Waals surface area contributed by atoms with Crippen molar-refractivity contribution in [3.63, 3.8) is 0 Å². The Kier molecular flexibility index (Phi) is 4.46. The second-order valence-electron chi connectivity index (χ2n) is 7.12. The molecule has 3 heteroatoms. The summed E-state index contributed by atoms with van der Waals surface area (Å²) < 4.78 is 0. The molecule has 0 spiro atoms. The van der Waals surface area contributed by atoms with Crippen LogP contribution in [-0.4, -0.2) is 4.98 Å². The van der Waals surface area contributed by atoms with E-state index in [0.717, 1.165) is 27.6 Å². The molecule has 0 amide bonds. The van der Waals surface area contributed by atoms with Crippen LogP contribution < -0.4 is 5.56 Å². The average Bonchev–Trinajstić information content (AvgIpc) is 2.61. The molecule has 3 rings (SSSR count). The fourth-order valence-electron chi connectivity index (χ4n) is 3.20. The number of benzene rings is 2. The lowest BCUT2D eigenvalue weighted by Gasteiger charge is -2.23. The summed E-state index contributed by atoms with van der Waals surface area (Å²) in [6.45, 7) is 5.97. The lowest BCUT2D eigenvalue weighted by Crippen LogP contribution is -2.23. The van der Waals surface area contributed by atoms with E-state index in [4.69, 9.17) is 0 Å². The van der Waals surface area contributed by atoms with Gasteiger partial charge in [-0.25, -0.2) is 0 Å². The van der Waals surface area contributed by atoms with Gasteiger partial charge in [0.05, 0.1) is 11.5 Å². The summed E-state index contributed by atoms with van der Waals surface area (Å²) in [5.41, 5.74) is 2.90. The first-order valence-corrected chi connectivity index (χ1v) is 8.55. The molecule has 1 heterocycles. The summed E-state index contributed by atoms with van der Waals surface area (Å²) in [5, 5.41) is 10.8. The standard InChI is InChI=1S/C22H22N2O/c1-15(2)19-11-17-9-10-18(12-20(17)24-21(19)25)22(3,14-23)13-16-7-5-4-6-8-16/h4-12,15H,13H2,1-3H3,(H,24,25). The largest absolute Gasteiger partial charge is 0.322 e. The molecule has 0 aliphatic heterocycles. The minimum Gasteiger partial charge on any atom is -0.322 e. The summed E-state index contributed by atoms with van der Waals surface area (Å²) in [6, 6.07) is 20.3. The molecule has 0 saturated carbocycles. The fraction of sp³-hybridized carbons (Fsp3) is 0.273. The fourth-order valence-corrected chi connectivity index (χ4v) is 3.20. The van der Waals surface area contributed by atoms with E-state index in [1.54, 1.807) is 0 Å². The highest BCUT2D eigenvalue weighted by atomic mass is 16.1. The molecule has 0 bridgehead atoms. The maximum absolute atomic E-state index is 12.3. The lowest BCUT2D eigenvalue weighted by molar-refractivity contribution is 0.607. The summed E-state index contributed by atoms with van der Waals surface area (Å²) >= 11 is 0. The Morgan fingerprint density at radius 3 is 2.48 bits per heavy atom. The van der Waals surface area contributed by atoms with Gasteiger partial charge in [0.25, 0.3) is 5.56 Å². The average molecular weight is 330 g/mol. The molecule has 3 aromatic rings. The Morgan fingerprint density at radius 1 is 1.12 bits per heavy atom. The van der Waals surface area contributed by atoms with E-state index in [0.29, 0.717) is 6.42 Å². The third-order valence-electron chi connectivity index (χ3n) is 4.78. The van der Waals surface area contributed by atoms with Crippen LogP contribution in [0.4, 0.5) is 0 Å². The van der Waals surface area contributed by atoms with Crippen molar-refractivity contribution >= 4 is 10.9 Å². The van der Waals surface area contributed by atoms with Gasteiger partial charge in [0, 0.05) is 11.1 Å². The van der Waals surface area contributed by atoms with E-state index in [-0.39, 0.29) is 11.5 Å². The number of nitrogens with one attached hydrogen (secondary N) is 1. The van der Waals surface area contributed by atoms with Crippen LogP contribution in [0, 0.1) is 11.3 Å². The third kappa shape index (κ3) is 3.34. The van der Waals surface area contributed by atoms with Gasteiger partial charge in [-0.1, -0.05) is 56.3 Å². The van der Waals surface area contributed by atoms with Gasteiger partial charge in [0.15, 0.2) is 0 Å². The highest BCUT2D eigenvalue weighted by Gasteiger charge is 2.27. The summed E-state index contributed by atoms with van der Waals surface area (Å²) in [7, 11) is 0. The number of rotatable bonds is 4. The number of pyridine rings is 1. The van der Waals surface area contributed by atoms with Crippen LogP contribution >= 0.6 is 0 Å². The van der Waals surface area contributed by atoms with Crippen molar-refractivity contribution in [1.29, 1.82) is 5.26 Å². The van der Waals surface area contributed by atoms with Gasteiger partial charge in [0.2, 0.25) is 0 Å². The molecule has 0 fully saturated rings. The van der Waals surface area contributed by atoms with Crippen LogP contribution in [0.15, 0.2) is 59.4 Å². The first kappa shape index (κ1) is 17.0. The Hall–Kier alpha value is -2.86. The smallest absolute Gasteiger partial charge is 0.251 e. The van der Waals surface area contributed by atoms with E-state index in [9.17, 15) is 10.1 Å². The number of aromatic nitrogens is 1. The number of fused-ring (bicyclic) bond motifs is 1. The van der Waals surface area contributed by atoms with Crippen molar-refractivity contribution < 1.29 is 0 Å². The number of aromatic amines is 1. The number of H-pyrrole nitrogens is 1. The zero-order chi connectivity index (χ0) is 18.0. The van der Waals surface area contributed by atoms with E-state index >= 15 is 0 Å². The molecule has 1 N–H and O–H groups in total. The van der Waals surface area contributed by atoms with E-state index in [1.165, 1.54) is 0 Å². The second-order valence-corrected chi connectivity index (χ2v) is 7.12. The quantitative estimate of drug-likeness (QED) is 0.755. The molecule has 1 aromatic heterocycles. The van der Waals surface area contributed by atoms with E-state index < -0.39 is 5.41 Å². The monoisotopic (exact) mass is 330 g/mol. The van der Waals surface area contributed by atoms with Crippen molar-refractivity contribution in [2.24, 2.45) is 0 Å². The minimum absolute atomic E-state index is 0.0543. The molecular weight excluding hydrogens is 308 g/mol. The highest BCUT2D eigenvalue weighted by molar-refractivity contribution is 5.80. The molecule has 0 saturated heterocycles. The van der Waals surface area contributed by atoms with Crippen molar-refractivity contribution in [1.82, 2.24) is 4.98 Å². The number of hydrogen-bond acceptors (Lipinski definition) is 2. The number of hydrogen-bond donors (Lipinski definition) is 1. The summed E-state index contributed by atoms with van der Waals surface area (Å²) in [4.78, 5) is 15.3. The Bertz CT molecular complexity index is 996. The van der Waals surface area contributed by atoms with E-state index in [1.807, 2.05) is 75.4 Å². The van der Waals surface area contributed by atoms with Crippen molar-refractivity contribution in [3.05, 3.63) is 81.6 Å². The minimum atomic E-state index is -0.650. The van der Waals surface area contributed by atoms with Gasteiger partial charge in [-0.3, -0.25) is 4.79 Å². The molecule has 1 unspecified atom stereocenters. The van der Waals surface area contributed by atoms with Crippen molar-refractivity contribution in [3.8, 4) is 6.07 Å². The SMILES string of the molecule is CC(C)c1cc2ccc(C(C)(C#N)Cc3ccccc3)cc2[nH]c1=O. The Morgan fingerprint density at radius 2 is 1.84 bits per heavy atom. The maximum atomic E-state index is 12.3. The second kappa shape index (κ2) is 6.57. The Labute approximate surface area is 147 Å². The van der Waals surface area contributed by atoms with Gasteiger partial charge in [-0.15, -0.1) is 0 Å². The number of nitriles is 1.